The fourth-order valence-corrected chi connectivity index (χ4v) is 3.58. The molecule has 136 valence electrons. The number of rotatable bonds is 4. The van der Waals surface area contributed by atoms with E-state index in [1.165, 1.54) is 25.1 Å². The highest BCUT2D eigenvalue weighted by Gasteiger charge is 2.51. The molecule has 2 fully saturated rings. The highest BCUT2D eigenvalue weighted by Crippen LogP contribution is 2.31. The predicted octanol–water partition coefficient (Wildman–Crippen LogP) is 1.55. The zero-order chi connectivity index (χ0) is 18.9. The molecule has 2 aliphatic rings. The number of carbonyl (C=O) groups is 3. The molecule has 7 nitrogen and oxygen atoms in total. The normalized spacial score (nSPS) is 24.3. The van der Waals surface area contributed by atoms with Crippen molar-refractivity contribution in [2.45, 2.75) is 43.7 Å². The minimum Gasteiger partial charge on any atom is -0.336 e. The van der Waals surface area contributed by atoms with Gasteiger partial charge in [0.25, 0.3) is 5.91 Å². The summed E-state index contributed by atoms with van der Waals surface area (Å²) in [5, 5.41) is 14.4. The molecule has 1 saturated carbocycles. The second-order valence-electron chi connectivity index (χ2n) is 6.88. The van der Waals surface area contributed by atoms with Gasteiger partial charge in [0.1, 0.15) is 23.4 Å². The van der Waals surface area contributed by atoms with E-state index in [1.807, 2.05) is 0 Å². The molecule has 4 amide bonds. The van der Waals surface area contributed by atoms with E-state index in [1.54, 1.807) is 6.07 Å². The smallest absolute Gasteiger partial charge is 0.325 e. The fourth-order valence-electron chi connectivity index (χ4n) is 3.58. The molecule has 1 aromatic carbocycles. The zero-order valence-corrected chi connectivity index (χ0v) is 14.3. The number of nitrogens with one attached hydrogen (secondary N) is 2. The number of imide groups is 1. The second kappa shape index (κ2) is 6.41. The molecule has 2 N–H and O–H groups in total. The van der Waals surface area contributed by atoms with Gasteiger partial charge in [0.15, 0.2) is 0 Å². The van der Waals surface area contributed by atoms with E-state index in [2.05, 4.69) is 16.7 Å². The van der Waals surface area contributed by atoms with E-state index < -0.39 is 41.3 Å². The van der Waals surface area contributed by atoms with Gasteiger partial charge in [-0.2, -0.15) is 5.26 Å². The van der Waals surface area contributed by atoms with Crippen LogP contribution >= 0.6 is 0 Å². The lowest BCUT2D eigenvalue weighted by molar-refractivity contribution is -0.135. The van der Waals surface area contributed by atoms with Gasteiger partial charge in [0, 0.05) is 5.56 Å². The van der Waals surface area contributed by atoms with Gasteiger partial charge in [-0.25, -0.2) is 9.18 Å². The summed E-state index contributed by atoms with van der Waals surface area (Å²) in [5.41, 5.74) is -2.49. The lowest BCUT2D eigenvalue weighted by Gasteiger charge is -2.24. The Labute approximate surface area is 150 Å². The average molecular weight is 358 g/mol. The number of amides is 4. The molecule has 1 aliphatic carbocycles. The van der Waals surface area contributed by atoms with Crippen LogP contribution in [0.15, 0.2) is 24.3 Å². The van der Waals surface area contributed by atoms with Crippen molar-refractivity contribution in [1.29, 1.82) is 5.26 Å². The largest absolute Gasteiger partial charge is 0.336 e. The van der Waals surface area contributed by atoms with Crippen LogP contribution in [0.3, 0.4) is 0 Å². The number of nitriles is 1. The van der Waals surface area contributed by atoms with E-state index in [0.717, 1.165) is 17.7 Å². The number of hydrogen-bond acceptors (Lipinski definition) is 4. The van der Waals surface area contributed by atoms with Crippen LogP contribution in [0.4, 0.5) is 9.18 Å². The van der Waals surface area contributed by atoms with Crippen LogP contribution in [0.25, 0.3) is 0 Å². The van der Waals surface area contributed by atoms with E-state index >= 15 is 0 Å². The van der Waals surface area contributed by atoms with Crippen molar-refractivity contribution in [3.63, 3.8) is 0 Å². The van der Waals surface area contributed by atoms with Crippen LogP contribution in [0.1, 0.15) is 38.2 Å². The van der Waals surface area contributed by atoms with Gasteiger partial charge >= 0.3 is 6.03 Å². The first-order valence-electron chi connectivity index (χ1n) is 8.43. The summed E-state index contributed by atoms with van der Waals surface area (Å²) in [7, 11) is 0. The first-order chi connectivity index (χ1) is 12.3. The summed E-state index contributed by atoms with van der Waals surface area (Å²) >= 11 is 0. The molecule has 26 heavy (non-hydrogen) atoms. The maximum atomic E-state index is 14.1. The Bertz CT molecular complexity index is 813. The minimum atomic E-state index is -1.58. The Morgan fingerprint density at radius 1 is 1.35 bits per heavy atom. The molecule has 1 atom stereocenters. The van der Waals surface area contributed by atoms with Gasteiger partial charge < -0.3 is 10.6 Å². The summed E-state index contributed by atoms with van der Waals surface area (Å²) in [6.45, 7) is 0.884. The van der Waals surface area contributed by atoms with Crippen LogP contribution in [0.5, 0.6) is 0 Å². The van der Waals surface area contributed by atoms with Gasteiger partial charge in [-0.3, -0.25) is 14.5 Å². The Morgan fingerprint density at radius 2 is 2.00 bits per heavy atom. The van der Waals surface area contributed by atoms with Crippen LogP contribution in [0.2, 0.25) is 0 Å². The summed E-state index contributed by atoms with van der Waals surface area (Å²) in [6.07, 6.45) is 2.76. The number of benzene rings is 1. The maximum Gasteiger partial charge on any atom is 0.325 e. The molecule has 1 heterocycles. The number of nitrogens with zero attached hydrogens (tertiary/aromatic N) is 2. The molecule has 0 aromatic heterocycles. The molecule has 3 rings (SSSR count). The summed E-state index contributed by atoms with van der Waals surface area (Å²) in [6, 6.07) is 7.02. The van der Waals surface area contributed by atoms with Crippen molar-refractivity contribution in [1.82, 2.24) is 15.5 Å². The lowest BCUT2D eigenvalue weighted by Crippen LogP contribution is -2.50. The Morgan fingerprint density at radius 3 is 2.62 bits per heavy atom. The molecule has 1 aromatic rings. The molecule has 0 radical (unpaired) electrons. The lowest BCUT2D eigenvalue weighted by atomic mass is 9.91. The number of halogens is 1. The monoisotopic (exact) mass is 358 g/mol. The molecule has 1 aliphatic heterocycles. The Balaban J connectivity index is 1.77. The van der Waals surface area contributed by atoms with Crippen LogP contribution in [0, 0.1) is 17.1 Å². The van der Waals surface area contributed by atoms with E-state index in [0.29, 0.717) is 12.8 Å². The van der Waals surface area contributed by atoms with Crippen molar-refractivity contribution >= 4 is 17.8 Å². The summed E-state index contributed by atoms with van der Waals surface area (Å²) < 4.78 is 14.1. The molecular weight excluding hydrogens is 339 g/mol. The third-order valence-corrected chi connectivity index (χ3v) is 5.04. The number of carbonyl (C=O) groups excluding carboxylic acids is 3. The topological polar surface area (TPSA) is 102 Å². The minimum absolute atomic E-state index is 0.0329. The first kappa shape index (κ1) is 17.9. The average Bonchev–Trinajstić information content (AvgIpc) is 3.15. The molecule has 1 saturated heterocycles. The third kappa shape index (κ3) is 2.90. The number of hydrogen-bond donors (Lipinski definition) is 2. The Kier molecular flexibility index (Phi) is 4.40. The number of urea groups is 1. The molecule has 0 spiro atoms. The quantitative estimate of drug-likeness (QED) is 0.797. The van der Waals surface area contributed by atoms with Crippen molar-refractivity contribution in [2.24, 2.45) is 0 Å². The Hall–Kier alpha value is -2.95. The van der Waals surface area contributed by atoms with Gasteiger partial charge in [0.05, 0.1) is 6.07 Å². The SMILES string of the molecule is C[C@]1(c2ccccc2F)NC(=O)N(CC(=O)NC2(C#N)CCCC2)C1=O. The van der Waals surface area contributed by atoms with Gasteiger partial charge in [-0.05, 0) is 38.7 Å². The van der Waals surface area contributed by atoms with Crippen LogP contribution in [-0.2, 0) is 15.1 Å². The van der Waals surface area contributed by atoms with Crippen LogP contribution in [-0.4, -0.2) is 34.8 Å². The standard InChI is InChI=1S/C18H19FN4O3/c1-17(12-6-2-3-7-13(12)19)15(25)23(16(26)22-17)10-14(24)21-18(11-20)8-4-5-9-18/h2-3,6-7H,4-5,8-10H2,1H3,(H,21,24)(H,22,26)/t17-/m1/s1. The zero-order valence-electron chi connectivity index (χ0n) is 14.3. The van der Waals surface area contributed by atoms with E-state index in [9.17, 15) is 24.0 Å². The second-order valence-corrected chi connectivity index (χ2v) is 6.88. The highest BCUT2D eigenvalue weighted by molar-refractivity contribution is 6.09. The van der Waals surface area contributed by atoms with Gasteiger partial charge in [-0.1, -0.05) is 18.2 Å². The van der Waals surface area contributed by atoms with Crippen molar-refractivity contribution in [3.05, 3.63) is 35.6 Å². The third-order valence-electron chi connectivity index (χ3n) is 5.04. The van der Waals surface area contributed by atoms with Crippen molar-refractivity contribution in [3.8, 4) is 6.07 Å². The van der Waals surface area contributed by atoms with Crippen molar-refractivity contribution < 1.29 is 18.8 Å². The highest BCUT2D eigenvalue weighted by atomic mass is 19.1. The van der Waals surface area contributed by atoms with Gasteiger partial charge in [0.2, 0.25) is 5.91 Å². The first-order valence-corrected chi connectivity index (χ1v) is 8.43. The van der Waals surface area contributed by atoms with E-state index in [4.69, 9.17) is 0 Å². The summed E-state index contributed by atoms with van der Waals surface area (Å²) in [4.78, 5) is 38.0. The van der Waals surface area contributed by atoms with Gasteiger partial charge in [-0.15, -0.1) is 0 Å². The fraction of sp³-hybridized carbons (Fsp3) is 0.444. The summed E-state index contributed by atoms with van der Waals surface area (Å²) in [5.74, 6) is -1.92. The van der Waals surface area contributed by atoms with Crippen LogP contribution < -0.4 is 10.6 Å². The predicted molar refractivity (Wildman–Crippen MR) is 89.0 cm³/mol. The van der Waals surface area contributed by atoms with Crippen molar-refractivity contribution in [2.75, 3.05) is 6.54 Å². The molecule has 0 unspecified atom stereocenters. The molecule has 0 bridgehead atoms. The molecule has 8 heteroatoms. The van der Waals surface area contributed by atoms with E-state index in [-0.39, 0.29) is 5.56 Å². The molecular formula is C18H19FN4O3. The maximum absolute atomic E-state index is 14.1.